The van der Waals surface area contributed by atoms with Gasteiger partial charge < -0.3 is 22.4 Å². The number of ether oxygens (including phenoxy) is 2. The molecule has 1 aromatic carbocycles. The molecule has 2 nitrogen and oxygen atoms in total. The van der Waals surface area contributed by atoms with Crippen molar-refractivity contribution in [3.05, 3.63) is 18.2 Å². The standard InChI is InChI=1S/C13H19BF3O2/c1-4-5-10(2)9-19-13-7-6-11(18-3)8-12(13)14(15,16)17/h6-8,10H,4-5,9H2,1-3H3/q-1. The highest BCUT2D eigenvalue weighted by Gasteiger charge is 2.30. The second-order valence-corrected chi connectivity index (χ2v) is 4.68. The summed E-state index contributed by atoms with van der Waals surface area (Å²) in [6, 6.07) is 3.78. The van der Waals surface area contributed by atoms with Gasteiger partial charge in [-0.1, -0.05) is 25.7 Å². The molecule has 0 heterocycles. The molecule has 0 amide bonds. The van der Waals surface area contributed by atoms with Gasteiger partial charge in [0.2, 0.25) is 0 Å². The first kappa shape index (κ1) is 15.7. The van der Waals surface area contributed by atoms with Crippen LogP contribution in [0.15, 0.2) is 18.2 Å². The lowest BCUT2D eigenvalue weighted by atomic mass is 9.79. The Morgan fingerprint density at radius 2 is 1.95 bits per heavy atom. The molecule has 108 valence electrons. The van der Waals surface area contributed by atoms with Crippen LogP contribution in [0.4, 0.5) is 12.9 Å². The normalized spacial score (nSPS) is 13.2. The minimum Gasteiger partial charge on any atom is -0.497 e. The van der Waals surface area contributed by atoms with Crippen LogP contribution in [0.1, 0.15) is 26.7 Å². The van der Waals surface area contributed by atoms with Crippen LogP contribution in [0.25, 0.3) is 0 Å². The first-order valence-corrected chi connectivity index (χ1v) is 6.39. The van der Waals surface area contributed by atoms with Gasteiger partial charge in [0, 0.05) is 0 Å². The first-order valence-electron chi connectivity index (χ1n) is 6.39. The van der Waals surface area contributed by atoms with Gasteiger partial charge in [-0.15, -0.1) is 0 Å². The van der Waals surface area contributed by atoms with E-state index in [2.05, 4.69) is 0 Å². The van der Waals surface area contributed by atoms with Crippen LogP contribution in [0.2, 0.25) is 0 Å². The van der Waals surface area contributed by atoms with Crippen LogP contribution in [0, 0.1) is 5.92 Å². The Morgan fingerprint density at radius 3 is 2.47 bits per heavy atom. The molecule has 0 saturated heterocycles. The summed E-state index contributed by atoms with van der Waals surface area (Å²) in [5.41, 5.74) is -0.733. The van der Waals surface area contributed by atoms with E-state index >= 15 is 0 Å². The monoisotopic (exact) mass is 275 g/mol. The molecular weight excluding hydrogens is 256 g/mol. The van der Waals surface area contributed by atoms with E-state index < -0.39 is 12.4 Å². The summed E-state index contributed by atoms with van der Waals surface area (Å²) >= 11 is 0. The van der Waals surface area contributed by atoms with E-state index in [4.69, 9.17) is 9.47 Å². The molecule has 0 radical (unpaired) electrons. The van der Waals surface area contributed by atoms with E-state index in [1.54, 1.807) is 0 Å². The van der Waals surface area contributed by atoms with Crippen LogP contribution < -0.4 is 14.9 Å². The summed E-state index contributed by atoms with van der Waals surface area (Å²) < 4.78 is 49.0. The van der Waals surface area contributed by atoms with Crippen molar-refractivity contribution >= 4 is 12.4 Å². The molecule has 1 aromatic rings. The second kappa shape index (κ2) is 6.73. The summed E-state index contributed by atoms with van der Waals surface area (Å²) in [7, 11) is 1.34. The third-order valence-corrected chi connectivity index (χ3v) is 2.87. The molecule has 1 atom stereocenters. The summed E-state index contributed by atoms with van der Waals surface area (Å²) in [5.74, 6) is 0.306. The number of hydrogen-bond acceptors (Lipinski definition) is 2. The fraction of sp³-hybridized carbons (Fsp3) is 0.538. The average molecular weight is 275 g/mol. The van der Waals surface area contributed by atoms with Crippen molar-refractivity contribution in [2.24, 2.45) is 5.92 Å². The van der Waals surface area contributed by atoms with Crippen molar-refractivity contribution in [3.63, 3.8) is 0 Å². The molecule has 1 rings (SSSR count). The zero-order valence-corrected chi connectivity index (χ0v) is 11.5. The van der Waals surface area contributed by atoms with Gasteiger partial charge in [0.25, 0.3) is 0 Å². The van der Waals surface area contributed by atoms with Crippen LogP contribution in [0.5, 0.6) is 11.5 Å². The van der Waals surface area contributed by atoms with Gasteiger partial charge in [-0.05, 0) is 30.5 Å². The van der Waals surface area contributed by atoms with Gasteiger partial charge in [0.15, 0.2) is 0 Å². The fourth-order valence-corrected chi connectivity index (χ4v) is 1.85. The SMILES string of the molecule is CCCC(C)COc1ccc(OC)cc1[B-](F)(F)F. The Kier molecular flexibility index (Phi) is 5.57. The van der Waals surface area contributed by atoms with Crippen molar-refractivity contribution < 1.29 is 22.4 Å². The number of methoxy groups -OCH3 is 1. The van der Waals surface area contributed by atoms with Gasteiger partial charge in [-0.3, -0.25) is 0 Å². The maximum atomic E-state index is 13.0. The third-order valence-electron chi connectivity index (χ3n) is 2.87. The van der Waals surface area contributed by atoms with Gasteiger partial charge >= 0.3 is 6.98 Å². The van der Waals surface area contributed by atoms with Gasteiger partial charge in [-0.2, -0.15) is 0 Å². The lowest BCUT2D eigenvalue weighted by Crippen LogP contribution is -2.35. The van der Waals surface area contributed by atoms with Crippen molar-refractivity contribution in [2.45, 2.75) is 26.7 Å². The Hall–Kier alpha value is -1.33. The highest BCUT2D eigenvalue weighted by atomic mass is 19.4. The lowest BCUT2D eigenvalue weighted by Gasteiger charge is -2.22. The van der Waals surface area contributed by atoms with E-state index in [0.29, 0.717) is 6.61 Å². The number of halogens is 3. The molecular formula is C13H19BF3O2-. The largest absolute Gasteiger partial charge is 0.513 e. The predicted octanol–water partition coefficient (Wildman–Crippen LogP) is 3.56. The number of hydrogen-bond donors (Lipinski definition) is 0. The Bertz CT molecular complexity index is 407. The van der Waals surface area contributed by atoms with Crippen LogP contribution in [-0.4, -0.2) is 20.7 Å². The summed E-state index contributed by atoms with van der Waals surface area (Å²) in [5, 5.41) is 0. The first-order chi connectivity index (χ1) is 8.88. The maximum Gasteiger partial charge on any atom is 0.513 e. The molecule has 0 bridgehead atoms. The van der Waals surface area contributed by atoms with E-state index in [1.807, 2.05) is 13.8 Å². The van der Waals surface area contributed by atoms with Crippen molar-refractivity contribution in [3.8, 4) is 11.5 Å². The maximum absolute atomic E-state index is 13.0. The molecule has 0 aliphatic rings. The van der Waals surface area contributed by atoms with E-state index in [0.717, 1.165) is 18.9 Å². The quantitative estimate of drug-likeness (QED) is 0.708. The fourth-order valence-electron chi connectivity index (χ4n) is 1.85. The topological polar surface area (TPSA) is 18.5 Å². The Morgan fingerprint density at radius 1 is 1.26 bits per heavy atom. The summed E-state index contributed by atoms with van der Waals surface area (Å²) in [6.07, 6.45) is 1.92. The average Bonchev–Trinajstić information content (AvgIpc) is 2.35. The number of rotatable bonds is 7. The van der Waals surface area contributed by atoms with Crippen molar-refractivity contribution in [2.75, 3.05) is 13.7 Å². The molecule has 6 heteroatoms. The van der Waals surface area contributed by atoms with E-state index in [-0.39, 0.29) is 17.4 Å². The van der Waals surface area contributed by atoms with E-state index in [1.165, 1.54) is 19.2 Å². The highest BCUT2D eigenvalue weighted by molar-refractivity contribution is 6.74. The second-order valence-electron chi connectivity index (χ2n) is 4.68. The smallest absolute Gasteiger partial charge is 0.497 e. The zero-order valence-electron chi connectivity index (χ0n) is 11.5. The Balaban J connectivity index is 2.87. The molecule has 0 N–H and O–H groups in total. The number of benzene rings is 1. The minimum atomic E-state index is -5.11. The molecule has 19 heavy (non-hydrogen) atoms. The summed E-state index contributed by atoms with van der Waals surface area (Å²) in [4.78, 5) is 0. The molecule has 0 aliphatic carbocycles. The highest BCUT2D eigenvalue weighted by Crippen LogP contribution is 2.23. The molecule has 0 saturated carbocycles. The van der Waals surface area contributed by atoms with Crippen LogP contribution >= 0.6 is 0 Å². The van der Waals surface area contributed by atoms with E-state index in [9.17, 15) is 12.9 Å². The Labute approximate surface area is 112 Å². The van der Waals surface area contributed by atoms with Crippen molar-refractivity contribution in [1.82, 2.24) is 0 Å². The van der Waals surface area contributed by atoms with Crippen LogP contribution in [-0.2, 0) is 0 Å². The van der Waals surface area contributed by atoms with Crippen molar-refractivity contribution in [1.29, 1.82) is 0 Å². The molecule has 0 spiro atoms. The third kappa shape index (κ3) is 4.69. The van der Waals surface area contributed by atoms with Gasteiger partial charge in [-0.25, -0.2) is 0 Å². The molecule has 0 aliphatic heterocycles. The van der Waals surface area contributed by atoms with Crippen LogP contribution in [0.3, 0.4) is 0 Å². The molecule has 1 unspecified atom stereocenters. The minimum absolute atomic E-state index is 0.115. The van der Waals surface area contributed by atoms with Gasteiger partial charge in [0.05, 0.1) is 19.5 Å². The van der Waals surface area contributed by atoms with Gasteiger partial charge in [0.1, 0.15) is 5.75 Å². The summed E-state index contributed by atoms with van der Waals surface area (Å²) in [6.45, 7) is -0.820. The molecule has 0 fully saturated rings. The zero-order chi connectivity index (χ0) is 14.5. The molecule has 0 aromatic heterocycles. The predicted molar refractivity (Wildman–Crippen MR) is 71.3 cm³/mol. The lowest BCUT2D eigenvalue weighted by molar-refractivity contribution is 0.252.